The van der Waals surface area contributed by atoms with Crippen LogP contribution in [0.3, 0.4) is 0 Å². The Morgan fingerprint density at radius 2 is 1.84 bits per heavy atom. The lowest BCUT2D eigenvalue weighted by molar-refractivity contribution is -0.136. The molecule has 0 aliphatic carbocycles. The molecule has 0 atom stereocenters. The summed E-state index contributed by atoms with van der Waals surface area (Å²) in [5.74, 6) is -0.653. The van der Waals surface area contributed by atoms with Crippen LogP contribution in [0, 0.1) is 0 Å². The van der Waals surface area contributed by atoms with Crippen molar-refractivity contribution in [2.24, 2.45) is 0 Å². The van der Waals surface area contributed by atoms with E-state index in [1.165, 1.54) is 11.0 Å². The topological polar surface area (TPSA) is 84.7 Å². The molecule has 1 heterocycles. The summed E-state index contributed by atoms with van der Waals surface area (Å²) < 4.78 is 43.7. The van der Waals surface area contributed by atoms with Gasteiger partial charge in [0, 0.05) is 24.3 Å². The van der Waals surface area contributed by atoms with Gasteiger partial charge in [-0.25, -0.2) is 4.79 Å². The predicted molar refractivity (Wildman–Crippen MR) is 84.9 cm³/mol. The molecule has 6 nitrogen and oxygen atoms in total. The van der Waals surface area contributed by atoms with Crippen molar-refractivity contribution in [1.29, 1.82) is 0 Å². The molecule has 138 valence electrons. The molecule has 1 aromatic carbocycles. The number of likely N-dealkylation sites (tertiary alicyclic amines) is 1. The lowest BCUT2D eigenvalue weighted by atomic mass is 10.1. The largest absolute Gasteiger partial charge is 0.444 e. The third kappa shape index (κ3) is 4.77. The molecule has 0 saturated carbocycles. The van der Waals surface area contributed by atoms with Crippen molar-refractivity contribution >= 4 is 17.7 Å². The Balaban J connectivity index is 1.94. The SMILES string of the molecule is CC(C)(C)OC(=O)N1CC(NC(=O)c2ccc(N)c(C(F)(F)F)c2)C1. The van der Waals surface area contributed by atoms with Crippen LogP contribution in [0.1, 0.15) is 36.7 Å². The van der Waals surface area contributed by atoms with E-state index in [2.05, 4.69) is 5.32 Å². The number of ether oxygens (including phenoxy) is 1. The summed E-state index contributed by atoms with van der Waals surface area (Å²) >= 11 is 0. The molecular weight excluding hydrogens is 339 g/mol. The molecule has 9 heteroatoms. The molecule has 0 aromatic heterocycles. The van der Waals surface area contributed by atoms with Crippen LogP contribution >= 0.6 is 0 Å². The molecular formula is C16H20F3N3O3. The molecule has 1 aliphatic heterocycles. The number of nitrogens with zero attached hydrogens (tertiary/aromatic N) is 1. The minimum Gasteiger partial charge on any atom is -0.444 e. The van der Waals surface area contributed by atoms with Crippen LogP contribution in [0.4, 0.5) is 23.7 Å². The lowest BCUT2D eigenvalue weighted by Gasteiger charge is -2.40. The zero-order valence-electron chi connectivity index (χ0n) is 14.1. The summed E-state index contributed by atoms with van der Waals surface area (Å²) in [5, 5.41) is 2.58. The lowest BCUT2D eigenvalue weighted by Crippen LogP contribution is -2.61. The summed E-state index contributed by atoms with van der Waals surface area (Å²) in [7, 11) is 0. The first-order valence-corrected chi connectivity index (χ1v) is 7.62. The van der Waals surface area contributed by atoms with Gasteiger partial charge in [0.25, 0.3) is 5.91 Å². The average molecular weight is 359 g/mol. The van der Waals surface area contributed by atoms with Crippen molar-refractivity contribution in [3.8, 4) is 0 Å². The molecule has 1 aliphatic rings. The first-order chi connectivity index (χ1) is 11.4. The maximum atomic E-state index is 12.8. The number of nitrogens with two attached hydrogens (primary N) is 1. The maximum absolute atomic E-state index is 12.8. The number of anilines is 1. The Kier molecular flexibility index (Phi) is 4.87. The van der Waals surface area contributed by atoms with E-state index in [-0.39, 0.29) is 24.7 Å². The van der Waals surface area contributed by atoms with Crippen molar-refractivity contribution < 1.29 is 27.5 Å². The Hall–Kier alpha value is -2.45. The molecule has 3 N–H and O–H groups in total. The number of nitrogens with one attached hydrogen (secondary N) is 1. The van der Waals surface area contributed by atoms with E-state index in [1.54, 1.807) is 20.8 Å². The molecule has 0 radical (unpaired) electrons. The molecule has 2 amide bonds. The number of alkyl halides is 3. The van der Waals surface area contributed by atoms with E-state index >= 15 is 0 Å². The fourth-order valence-corrected chi connectivity index (χ4v) is 2.26. The minimum atomic E-state index is -4.63. The van der Waals surface area contributed by atoms with Gasteiger partial charge in [-0.15, -0.1) is 0 Å². The van der Waals surface area contributed by atoms with Crippen molar-refractivity contribution in [3.63, 3.8) is 0 Å². The van der Waals surface area contributed by atoms with Crippen LogP contribution in [0.5, 0.6) is 0 Å². The van der Waals surface area contributed by atoms with E-state index in [0.29, 0.717) is 0 Å². The highest BCUT2D eigenvalue weighted by Gasteiger charge is 2.36. The zero-order chi connectivity index (χ0) is 19.0. The van der Waals surface area contributed by atoms with Crippen molar-refractivity contribution in [1.82, 2.24) is 10.2 Å². The highest BCUT2D eigenvalue weighted by atomic mass is 19.4. The van der Waals surface area contributed by atoms with E-state index in [9.17, 15) is 22.8 Å². The summed E-state index contributed by atoms with van der Waals surface area (Å²) in [4.78, 5) is 25.3. The van der Waals surface area contributed by atoms with Crippen molar-refractivity contribution in [2.75, 3.05) is 18.8 Å². The number of rotatable bonds is 2. The predicted octanol–water partition coefficient (Wildman–Crippen LogP) is 2.64. The summed E-state index contributed by atoms with van der Waals surface area (Å²) in [6.07, 6.45) is -5.13. The van der Waals surface area contributed by atoms with E-state index in [1.807, 2.05) is 0 Å². The Bertz CT molecular complexity index is 677. The molecule has 1 aromatic rings. The van der Waals surface area contributed by atoms with Gasteiger partial charge in [0.05, 0.1) is 11.6 Å². The highest BCUT2D eigenvalue weighted by molar-refractivity contribution is 5.95. The fraction of sp³-hybridized carbons (Fsp3) is 0.500. The first kappa shape index (κ1) is 18.9. The van der Waals surface area contributed by atoms with Gasteiger partial charge in [-0.1, -0.05) is 0 Å². The number of hydrogen-bond acceptors (Lipinski definition) is 4. The normalized spacial score (nSPS) is 15.5. The number of halogens is 3. The van der Waals surface area contributed by atoms with Crippen LogP contribution in [-0.2, 0) is 10.9 Å². The Morgan fingerprint density at radius 3 is 2.36 bits per heavy atom. The summed E-state index contributed by atoms with van der Waals surface area (Å²) in [5.41, 5.74) is 3.05. The number of nitrogen functional groups attached to an aromatic ring is 1. The van der Waals surface area contributed by atoms with Crippen LogP contribution < -0.4 is 11.1 Å². The average Bonchev–Trinajstić information content (AvgIpc) is 2.39. The second kappa shape index (κ2) is 6.45. The quantitative estimate of drug-likeness (QED) is 0.795. The van der Waals surface area contributed by atoms with Gasteiger partial charge >= 0.3 is 12.3 Å². The fourth-order valence-electron chi connectivity index (χ4n) is 2.26. The van der Waals surface area contributed by atoms with Crippen LogP contribution in [-0.4, -0.2) is 41.6 Å². The summed E-state index contributed by atoms with van der Waals surface area (Å²) in [6, 6.07) is 2.65. The van der Waals surface area contributed by atoms with Crippen LogP contribution in [0.15, 0.2) is 18.2 Å². The monoisotopic (exact) mass is 359 g/mol. The van der Waals surface area contributed by atoms with E-state index in [4.69, 9.17) is 10.5 Å². The first-order valence-electron chi connectivity index (χ1n) is 7.62. The number of amides is 2. The van der Waals surface area contributed by atoms with Crippen LogP contribution in [0.25, 0.3) is 0 Å². The molecule has 0 unspecified atom stereocenters. The van der Waals surface area contributed by atoms with Crippen molar-refractivity contribution in [3.05, 3.63) is 29.3 Å². The van der Waals surface area contributed by atoms with Crippen LogP contribution in [0.2, 0.25) is 0 Å². The standard InChI is InChI=1S/C16H20F3N3O3/c1-15(2,3)25-14(24)22-7-10(8-22)21-13(23)9-4-5-12(20)11(6-9)16(17,18)19/h4-6,10H,7-8,20H2,1-3H3,(H,21,23). The Morgan fingerprint density at radius 1 is 1.24 bits per heavy atom. The van der Waals surface area contributed by atoms with Gasteiger partial charge in [-0.2, -0.15) is 13.2 Å². The molecule has 0 spiro atoms. The molecule has 1 fully saturated rings. The third-order valence-electron chi connectivity index (χ3n) is 3.49. The summed E-state index contributed by atoms with van der Waals surface area (Å²) in [6.45, 7) is 5.69. The smallest absolute Gasteiger partial charge is 0.418 e. The van der Waals surface area contributed by atoms with Gasteiger partial charge in [-0.3, -0.25) is 4.79 Å². The zero-order valence-corrected chi connectivity index (χ0v) is 14.1. The number of hydrogen-bond donors (Lipinski definition) is 2. The van der Waals surface area contributed by atoms with Gasteiger partial charge in [0.15, 0.2) is 0 Å². The molecule has 2 rings (SSSR count). The molecule has 1 saturated heterocycles. The number of carbonyl (C=O) groups excluding carboxylic acids is 2. The van der Waals surface area contributed by atoms with E-state index in [0.717, 1.165) is 12.1 Å². The van der Waals surface area contributed by atoms with Gasteiger partial charge in [0.2, 0.25) is 0 Å². The highest BCUT2D eigenvalue weighted by Crippen LogP contribution is 2.34. The molecule has 0 bridgehead atoms. The van der Waals surface area contributed by atoms with Gasteiger partial charge in [0.1, 0.15) is 5.60 Å². The minimum absolute atomic E-state index is 0.141. The number of carbonyl (C=O) groups is 2. The van der Waals surface area contributed by atoms with Gasteiger partial charge in [-0.05, 0) is 39.0 Å². The maximum Gasteiger partial charge on any atom is 0.418 e. The Labute approximate surface area is 143 Å². The number of benzene rings is 1. The third-order valence-corrected chi connectivity index (χ3v) is 3.49. The van der Waals surface area contributed by atoms with Gasteiger partial charge < -0.3 is 20.7 Å². The molecule has 25 heavy (non-hydrogen) atoms. The van der Waals surface area contributed by atoms with E-state index < -0.39 is 35.0 Å². The second-order valence-electron chi connectivity index (χ2n) is 6.86. The van der Waals surface area contributed by atoms with Crippen molar-refractivity contribution in [2.45, 2.75) is 38.6 Å². The second-order valence-corrected chi connectivity index (χ2v) is 6.86.